The van der Waals surface area contributed by atoms with Crippen LogP contribution in [0.15, 0.2) is 54.7 Å². The van der Waals surface area contributed by atoms with E-state index in [2.05, 4.69) is 46.6 Å². The van der Waals surface area contributed by atoms with Gasteiger partial charge in [0.1, 0.15) is 0 Å². The van der Waals surface area contributed by atoms with Crippen molar-refractivity contribution in [2.45, 2.75) is 13.8 Å². The number of rotatable bonds is 3. The van der Waals surface area contributed by atoms with E-state index in [1.165, 1.54) is 0 Å². The molecule has 2 aromatic heterocycles. The Morgan fingerprint density at radius 2 is 1.59 bits per heavy atom. The molecule has 3 nitrogen and oxygen atoms in total. The molecule has 0 fully saturated rings. The molecule has 0 N–H and O–H groups in total. The number of nitrogens with zero attached hydrogens (tertiary/aromatic N) is 3. The van der Waals surface area contributed by atoms with Gasteiger partial charge in [0.05, 0.1) is 22.9 Å². The fourth-order valence-electron chi connectivity index (χ4n) is 3.21. The molecule has 27 heavy (non-hydrogen) atoms. The molecule has 5 heteroatoms. The van der Waals surface area contributed by atoms with Gasteiger partial charge in [0.2, 0.25) is 0 Å². The first kappa shape index (κ1) is 17.1. The number of aryl methyl sites for hydroxylation is 1. The Morgan fingerprint density at radius 3 is 2.33 bits per heavy atom. The highest BCUT2D eigenvalue weighted by Crippen LogP contribution is 2.22. The zero-order valence-electron chi connectivity index (χ0n) is 14.9. The standard InChI is InChI=1S/C22H17F2N3/c1-14-10-16(15(2)27(14)18-6-4-3-5-7-18)8-9-17-13-25-21-11-19(23)20(24)12-22(21)26-17/h3-13H,1-2H3/b9-8+. The molecule has 0 bridgehead atoms. The summed E-state index contributed by atoms with van der Waals surface area (Å²) in [5, 5.41) is 0. The molecule has 0 aliphatic carbocycles. The van der Waals surface area contributed by atoms with Gasteiger partial charge >= 0.3 is 0 Å². The molecule has 2 aromatic carbocycles. The van der Waals surface area contributed by atoms with Gasteiger partial charge in [-0.15, -0.1) is 0 Å². The van der Waals surface area contributed by atoms with Gasteiger partial charge in [0.25, 0.3) is 0 Å². The molecule has 4 rings (SSSR count). The van der Waals surface area contributed by atoms with Crippen molar-refractivity contribution in [1.29, 1.82) is 0 Å². The van der Waals surface area contributed by atoms with Gasteiger partial charge in [-0.1, -0.05) is 24.3 Å². The predicted octanol–water partition coefficient (Wildman–Crippen LogP) is 5.49. The summed E-state index contributed by atoms with van der Waals surface area (Å²) in [7, 11) is 0. The molecule has 0 radical (unpaired) electrons. The second-order valence-electron chi connectivity index (χ2n) is 6.38. The van der Waals surface area contributed by atoms with Gasteiger partial charge in [-0.25, -0.2) is 13.8 Å². The maximum atomic E-state index is 13.4. The summed E-state index contributed by atoms with van der Waals surface area (Å²) in [6.07, 6.45) is 5.33. The Morgan fingerprint density at radius 1 is 0.889 bits per heavy atom. The highest BCUT2D eigenvalue weighted by molar-refractivity contribution is 5.77. The van der Waals surface area contributed by atoms with E-state index >= 15 is 0 Å². The molecule has 2 heterocycles. The SMILES string of the molecule is Cc1cc(/C=C/c2cnc3cc(F)c(F)cc3n2)c(C)n1-c1ccccc1. The van der Waals surface area contributed by atoms with Crippen molar-refractivity contribution in [3.05, 3.63) is 89.0 Å². The Kier molecular flexibility index (Phi) is 4.28. The zero-order chi connectivity index (χ0) is 19.0. The Bertz CT molecular complexity index is 1160. The number of para-hydroxylation sites is 1. The van der Waals surface area contributed by atoms with E-state index in [4.69, 9.17) is 0 Å². The molecule has 0 saturated carbocycles. The van der Waals surface area contributed by atoms with Crippen LogP contribution in [0.3, 0.4) is 0 Å². The summed E-state index contributed by atoms with van der Waals surface area (Å²) in [5.41, 5.74) is 5.63. The van der Waals surface area contributed by atoms with Crippen molar-refractivity contribution >= 4 is 23.2 Å². The summed E-state index contributed by atoms with van der Waals surface area (Å²) < 4.78 is 28.9. The van der Waals surface area contributed by atoms with Crippen LogP contribution in [0.4, 0.5) is 8.78 Å². The number of hydrogen-bond donors (Lipinski definition) is 0. The topological polar surface area (TPSA) is 30.7 Å². The molecule has 0 aliphatic heterocycles. The van der Waals surface area contributed by atoms with Crippen LogP contribution in [0.25, 0.3) is 28.9 Å². The third-order valence-corrected chi connectivity index (χ3v) is 4.52. The smallest absolute Gasteiger partial charge is 0.161 e. The molecule has 0 amide bonds. The van der Waals surface area contributed by atoms with Gasteiger partial charge in [0.15, 0.2) is 11.6 Å². The lowest BCUT2D eigenvalue weighted by Gasteiger charge is -2.09. The third kappa shape index (κ3) is 3.24. The van der Waals surface area contributed by atoms with Gasteiger partial charge in [0, 0.05) is 29.2 Å². The largest absolute Gasteiger partial charge is 0.318 e. The second kappa shape index (κ2) is 6.76. The Balaban J connectivity index is 1.69. The lowest BCUT2D eigenvalue weighted by molar-refractivity contribution is 0.510. The normalized spacial score (nSPS) is 11.6. The average Bonchev–Trinajstić information content (AvgIpc) is 2.95. The van der Waals surface area contributed by atoms with Gasteiger partial charge in [-0.2, -0.15) is 0 Å². The Labute approximate surface area is 155 Å². The van der Waals surface area contributed by atoms with E-state index in [0.29, 0.717) is 16.7 Å². The van der Waals surface area contributed by atoms with Gasteiger partial charge in [-0.05, 0) is 43.7 Å². The first-order valence-corrected chi connectivity index (χ1v) is 8.57. The minimum Gasteiger partial charge on any atom is -0.318 e. The molecule has 0 saturated heterocycles. The Hall–Kier alpha value is -3.34. The molecular formula is C22H17F2N3. The van der Waals surface area contributed by atoms with Crippen LogP contribution in [-0.4, -0.2) is 14.5 Å². The van der Waals surface area contributed by atoms with E-state index < -0.39 is 11.6 Å². The van der Waals surface area contributed by atoms with E-state index in [0.717, 1.165) is 34.8 Å². The number of halogens is 2. The van der Waals surface area contributed by atoms with Crippen LogP contribution in [0, 0.1) is 25.5 Å². The van der Waals surface area contributed by atoms with Crippen LogP contribution in [0.1, 0.15) is 22.6 Å². The lowest BCUT2D eigenvalue weighted by atomic mass is 10.2. The molecule has 134 valence electrons. The first-order valence-electron chi connectivity index (χ1n) is 8.57. The van der Waals surface area contributed by atoms with Crippen molar-refractivity contribution in [3.63, 3.8) is 0 Å². The number of aromatic nitrogens is 3. The van der Waals surface area contributed by atoms with Crippen molar-refractivity contribution in [3.8, 4) is 5.69 Å². The predicted molar refractivity (Wildman–Crippen MR) is 104 cm³/mol. The highest BCUT2D eigenvalue weighted by Gasteiger charge is 2.09. The average molecular weight is 361 g/mol. The van der Waals surface area contributed by atoms with E-state index in [9.17, 15) is 8.78 Å². The summed E-state index contributed by atoms with van der Waals surface area (Å²) in [5.74, 6) is -1.85. The van der Waals surface area contributed by atoms with Gasteiger partial charge in [-0.3, -0.25) is 4.98 Å². The zero-order valence-corrected chi connectivity index (χ0v) is 14.9. The summed E-state index contributed by atoms with van der Waals surface area (Å²) in [6.45, 7) is 4.12. The number of benzene rings is 2. The van der Waals surface area contributed by atoms with E-state index in [1.807, 2.05) is 30.4 Å². The first-order chi connectivity index (χ1) is 13.0. The minimum atomic E-state index is -0.927. The van der Waals surface area contributed by atoms with E-state index in [-0.39, 0.29) is 0 Å². The fourth-order valence-corrected chi connectivity index (χ4v) is 3.21. The van der Waals surface area contributed by atoms with Gasteiger partial charge < -0.3 is 4.57 Å². The van der Waals surface area contributed by atoms with Crippen LogP contribution in [0.5, 0.6) is 0 Å². The van der Waals surface area contributed by atoms with Crippen molar-refractivity contribution in [2.75, 3.05) is 0 Å². The van der Waals surface area contributed by atoms with Crippen LogP contribution >= 0.6 is 0 Å². The number of hydrogen-bond acceptors (Lipinski definition) is 2. The minimum absolute atomic E-state index is 0.325. The maximum Gasteiger partial charge on any atom is 0.161 e. The summed E-state index contributed by atoms with van der Waals surface area (Å²) in [6, 6.07) is 14.4. The summed E-state index contributed by atoms with van der Waals surface area (Å²) in [4.78, 5) is 8.51. The number of fused-ring (bicyclic) bond motifs is 1. The molecule has 0 unspecified atom stereocenters. The van der Waals surface area contributed by atoms with Crippen LogP contribution < -0.4 is 0 Å². The molecule has 0 aliphatic rings. The molecule has 0 atom stereocenters. The monoisotopic (exact) mass is 361 g/mol. The second-order valence-corrected chi connectivity index (χ2v) is 6.38. The van der Waals surface area contributed by atoms with Crippen molar-refractivity contribution in [2.24, 2.45) is 0 Å². The highest BCUT2D eigenvalue weighted by atomic mass is 19.2. The fraction of sp³-hybridized carbons (Fsp3) is 0.0909. The molecule has 0 spiro atoms. The third-order valence-electron chi connectivity index (χ3n) is 4.52. The summed E-state index contributed by atoms with van der Waals surface area (Å²) >= 11 is 0. The van der Waals surface area contributed by atoms with Crippen molar-refractivity contribution < 1.29 is 8.78 Å². The van der Waals surface area contributed by atoms with E-state index in [1.54, 1.807) is 6.20 Å². The molecule has 4 aromatic rings. The van der Waals surface area contributed by atoms with Crippen molar-refractivity contribution in [1.82, 2.24) is 14.5 Å². The quantitative estimate of drug-likeness (QED) is 0.483. The lowest BCUT2D eigenvalue weighted by Crippen LogP contribution is -1.98. The van der Waals surface area contributed by atoms with Crippen LogP contribution in [-0.2, 0) is 0 Å². The maximum absolute atomic E-state index is 13.4. The molecular weight excluding hydrogens is 344 g/mol. The van der Waals surface area contributed by atoms with Crippen LogP contribution in [0.2, 0.25) is 0 Å².